The third kappa shape index (κ3) is 5.61. The van der Waals surface area contributed by atoms with E-state index in [1.165, 1.54) is 12.1 Å². The zero-order chi connectivity index (χ0) is 17.7. The standard InChI is InChI=1S/C16H20F3N3O2.ClH/c17-16(18,19)12-6-2-1-5-11(12)15(24)21-9-14(23)22-13-7-3-4-10(13)8-20;/h1-2,5-6,10,13H,3-4,7-9,20H2,(H,21,24)(H,22,23);1H. The minimum absolute atomic E-state index is 0. The maximum absolute atomic E-state index is 12.9. The molecule has 0 bridgehead atoms. The number of alkyl halides is 3. The second-order valence-electron chi connectivity index (χ2n) is 5.83. The van der Waals surface area contributed by atoms with E-state index in [0.717, 1.165) is 31.4 Å². The highest BCUT2D eigenvalue weighted by molar-refractivity contribution is 5.97. The van der Waals surface area contributed by atoms with Gasteiger partial charge in [0.05, 0.1) is 17.7 Å². The first-order valence-corrected chi connectivity index (χ1v) is 7.76. The van der Waals surface area contributed by atoms with E-state index in [1.54, 1.807) is 0 Å². The van der Waals surface area contributed by atoms with Gasteiger partial charge in [-0.2, -0.15) is 13.2 Å². The molecule has 0 heterocycles. The number of carbonyl (C=O) groups excluding carboxylic acids is 2. The first-order chi connectivity index (χ1) is 11.3. The summed E-state index contributed by atoms with van der Waals surface area (Å²) in [5.41, 5.74) is 4.10. The minimum Gasteiger partial charge on any atom is -0.352 e. The van der Waals surface area contributed by atoms with E-state index in [1.807, 2.05) is 0 Å². The van der Waals surface area contributed by atoms with Gasteiger partial charge in [-0.15, -0.1) is 12.4 Å². The van der Waals surface area contributed by atoms with Crippen molar-refractivity contribution in [3.05, 3.63) is 35.4 Å². The molecule has 0 aliphatic heterocycles. The van der Waals surface area contributed by atoms with Gasteiger partial charge < -0.3 is 16.4 Å². The molecule has 9 heteroatoms. The van der Waals surface area contributed by atoms with Crippen LogP contribution in [0.5, 0.6) is 0 Å². The first-order valence-electron chi connectivity index (χ1n) is 7.76. The van der Waals surface area contributed by atoms with Crippen LogP contribution in [0.4, 0.5) is 13.2 Å². The van der Waals surface area contributed by atoms with Crippen LogP contribution in [0.15, 0.2) is 24.3 Å². The highest BCUT2D eigenvalue weighted by atomic mass is 35.5. The van der Waals surface area contributed by atoms with E-state index in [2.05, 4.69) is 10.6 Å². The molecule has 0 spiro atoms. The van der Waals surface area contributed by atoms with Crippen molar-refractivity contribution < 1.29 is 22.8 Å². The zero-order valence-corrected chi connectivity index (χ0v) is 14.3. The SMILES string of the molecule is Cl.NCC1CCCC1NC(=O)CNC(=O)c1ccccc1C(F)(F)F. The van der Waals surface area contributed by atoms with Crippen molar-refractivity contribution in [2.24, 2.45) is 11.7 Å². The number of hydrogen-bond donors (Lipinski definition) is 3. The Hall–Kier alpha value is -1.80. The summed E-state index contributed by atoms with van der Waals surface area (Å²) in [5, 5.41) is 5.01. The van der Waals surface area contributed by atoms with Gasteiger partial charge in [-0.3, -0.25) is 9.59 Å². The van der Waals surface area contributed by atoms with Gasteiger partial charge in [0.25, 0.3) is 5.91 Å². The van der Waals surface area contributed by atoms with Crippen LogP contribution in [0.1, 0.15) is 35.2 Å². The fourth-order valence-electron chi connectivity index (χ4n) is 2.95. The van der Waals surface area contributed by atoms with Crippen LogP contribution in [-0.4, -0.2) is 30.9 Å². The molecule has 140 valence electrons. The Kier molecular flexibility index (Phi) is 7.69. The molecule has 2 unspecified atom stereocenters. The Bertz CT molecular complexity index is 611. The highest BCUT2D eigenvalue weighted by Crippen LogP contribution is 2.31. The van der Waals surface area contributed by atoms with E-state index in [-0.39, 0.29) is 30.9 Å². The summed E-state index contributed by atoms with van der Waals surface area (Å²) >= 11 is 0. The molecule has 0 radical (unpaired) electrons. The lowest BCUT2D eigenvalue weighted by atomic mass is 10.0. The van der Waals surface area contributed by atoms with Crippen LogP contribution in [0, 0.1) is 5.92 Å². The zero-order valence-electron chi connectivity index (χ0n) is 13.4. The molecule has 4 N–H and O–H groups in total. The molecule has 0 aromatic heterocycles. The van der Waals surface area contributed by atoms with Crippen LogP contribution < -0.4 is 16.4 Å². The van der Waals surface area contributed by atoms with Crippen LogP contribution >= 0.6 is 12.4 Å². The molecular weight excluding hydrogens is 359 g/mol. The number of nitrogens with one attached hydrogen (secondary N) is 2. The van der Waals surface area contributed by atoms with Crippen LogP contribution in [0.2, 0.25) is 0 Å². The van der Waals surface area contributed by atoms with Crippen molar-refractivity contribution in [1.82, 2.24) is 10.6 Å². The molecule has 2 atom stereocenters. The molecule has 1 aromatic carbocycles. The number of hydrogen-bond acceptors (Lipinski definition) is 3. The lowest BCUT2D eigenvalue weighted by Crippen LogP contribution is -2.44. The summed E-state index contributed by atoms with van der Waals surface area (Å²) in [4.78, 5) is 23.9. The van der Waals surface area contributed by atoms with E-state index in [9.17, 15) is 22.8 Å². The monoisotopic (exact) mass is 379 g/mol. The lowest BCUT2D eigenvalue weighted by molar-refractivity contribution is -0.137. The Morgan fingerprint density at radius 3 is 2.52 bits per heavy atom. The van der Waals surface area contributed by atoms with Gasteiger partial charge in [0.15, 0.2) is 0 Å². The molecule has 2 amide bonds. The quantitative estimate of drug-likeness (QED) is 0.732. The molecule has 25 heavy (non-hydrogen) atoms. The van der Waals surface area contributed by atoms with Crippen molar-refractivity contribution in [3.63, 3.8) is 0 Å². The fourth-order valence-corrected chi connectivity index (χ4v) is 2.95. The number of rotatable bonds is 5. The number of nitrogens with two attached hydrogens (primary N) is 1. The maximum Gasteiger partial charge on any atom is 0.417 e. The number of carbonyl (C=O) groups is 2. The van der Waals surface area contributed by atoms with Crippen LogP contribution in [0.25, 0.3) is 0 Å². The molecule has 2 rings (SSSR count). The molecular formula is C16H21ClF3N3O2. The van der Waals surface area contributed by atoms with E-state index in [0.29, 0.717) is 6.54 Å². The van der Waals surface area contributed by atoms with Gasteiger partial charge in [-0.1, -0.05) is 18.6 Å². The van der Waals surface area contributed by atoms with Crippen molar-refractivity contribution in [2.75, 3.05) is 13.1 Å². The van der Waals surface area contributed by atoms with Gasteiger partial charge in [0.1, 0.15) is 0 Å². The largest absolute Gasteiger partial charge is 0.417 e. The fraction of sp³-hybridized carbons (Fsp3) is 0.500. The normalized spacial score (nSPS) is 19.8. The Morgan fingerprint density at radius 2 is 1.88 bits per heavy atom. The predicted molar refractivity (Wildman–Crippen MR) is 89.4 cm³/mol. The summed E-state index contributed by atoms with van der Waals surface area (Å²) in [7, 11) is 0. The molecule has 5 nitrogen and oxygen atoms in total. The summed E-state index contributed by atoms with van der Waals surface area (Å²) in [5.74, 6) is -1.16. The van der Waals surface area contributed by atoms with E-state index in [4.69, 9.17) is 5.73 Å². The van der Waals surface area contributed by atoms with E-state index < -0.39 is 29.1 Å². The van der Waals surface area contributed by atoms with Crippen molar-refractivity contribution >= 4 is 24.2 Å². The summed E-state index contributed by atoms with van der Waals surface area (Å²) in [6.07, 6.45) is -1.91. The number of amides is 2. The predicted octanol–water partition coefficient (Wildman–Crippen LogP) is 2.10. The molecule has 1 aliphatic rings. The van der Waals surface area contributed by atoms with Gasteiger partial charge in [0, 0.05) is 6.04 Å². The maximum atomic E-state index is 12.9. The molecule has 0 saturated heterocycles. The second-order valence-corrected chi connectivity index (χ2v) is 5.83. The molecule has 1 saturated carbocycles. The molecule has 1 aromatic rings. The van der Waals surface area contributed by atoms with Gasteiger partial charge in [0.2, 0.25) is 5.91 Å². The van der Waals surface area contributed by atoms with Crippen LogP contribution in [-0.2, 0) is 11.0 Å². The average molecular weight is 380 g/mol. The topological polar surface area (TPSA) is 84.2 Å². The first kappa shape index (κ1) is 21.2. The van der Waals surface area contributed by atoms with Gasteiger partial charge in [-0.05, 0) is 37.4 Å². The third-order valence-electron chi connectivity index (χ3n) is 4.19. The van der Waals surface area contributed by atoms with Crippen molar-refractivity contribution in [3.8, 4) is 0 Å². The lowest BCUT2D eigenvalue weighted by Gasteiger charge is -2.19. The third-order valence-corrected chi connectivity index (χ3v) is 4.19. The summed E-state index contributed by atoms with van der Waals surface area (Å²) in [6, 6.07) is 4.42. The van der Waals surface area contributed by atoms with Gasteiger partial charge >= 0.3 is 6.18 Å². The molecule has 1 aliphatic carbocycles. The summed E-state index contributed by atoms with van der Waals surface area (Å²) in [6.45, 7) is 0.0923. The number of halogens is 4. The number of benzene rings is 1. The Balaban J connectivity index is 0.00000312. The van der Waals surface area contributed by atoms with Crippen LogP contribution in [0.3, 0.4) is 0 Å². The second kappa shape index (κ2) is 9.05. The Morgan fingerprint density at radius 1 is 1.20 bits per heavy atom. The smallest absolute Gasteiger partial charge is 0.352 e. The van der Waals surface area contributed by atoms with Gasteiger partial charge in [-0.25, -0.2) is 0 Å². The van der Waals surface area contributed by atoms with E-state index >= 15 is 0 Å². The van der Waals surface area contributed by atoms with Crippen molar-refractivity contribution in [1.29, 1.82) is 0 Å². The Labute approximate surface area is 149 Å². The average Bonchev–Trinajstić information content (AvgIpc) is 2.99. The molecule has 1 fully saturated rings. The summed E-state index contributed by atoms with van der Waals surface area (Å²) < 4.78 is 38.7. The minimum atomic E-state index is -4.63. The highest BCUT2D eigenvalue weighted by Gasteiger charge is 2.35. The van der Waals surface area contributed by atoms with Crippen molar-refractivity contribution in [2.45, 2.75) is 31.5 Å².